The topological polar surface area (TPSA) is 92.4 Å². The summed E-state index contributed by atoms with van der Waals surface area (Å²) >= 11 is 0. The van der Waals surface area contributed by atoms with Gasteiger partial charge in [-0.2, -0.15) is 4.31 Å². The lowest BCUT2D eigenvalue weighted by Crippen LogP contribution is -2.49. The van der Waals surface area contributed by atoms with E-state index in [1.807, 2.05) is 0 Å². The van der Waals surface area contributed by atoms with E-state index in [0.717, 1.165) is 57.4 Å². The van der Waals surface area contributed by atoms with Gasteiger partial charge in [0.25, 0.3) is 0 Å². The number of nitrogens with two attached hydrogens (primary N) is 1. The van der Waals surface area contributed by atoms with Gasteiger partial charge in [0.05, 0.1) is 12.8 Å². The second-order valence-corrected chi connectivity index (χ2v) is 8.82. The highest BCUT2D eigenvalue weighted by molar-refractivity contribution is 7.88. The summed E-state index contributed by atoms with van der Waals surface area (Å²) in [5.41, 5.74) is 5.72. The van der Waals surface area contributed by atoms with Crippen LogP contribution in [0, 0.1) is 0 Å². The maximum absolute atomic E-state index is 12.3. The molecule has 24 heavy (non-hydrogen) atoms. The Bertz CT molecular complexity index is 662. The Morgan fingerprint density at radius 2 is 1.92 bits per heavy atom. The number of hydrogen-bond acceptors (Lipinski definition) is 6. The van der Waals surface area contributed by atoms with Gasteiger partial charge in [-0.05, 0) is 44.7 Å². The first-order valence-corrected chi connectivity index (χ1v) is 10.6. The summed E-state index contributed by atoms with van der Waals surface area (Å²) < 4.78 is 26.3. The third-order valence-corrected chi connectivity index (χ3v) is 6.42. The van der Waals surface area contributed by atoms with Crippen molar-refractivity contribution in [3.63, 3.8) is 0 Å². The lowest BCUT2D eigenvalue weighted by atomic mass is 9.91. The number of aromatic nitrogens is 2. The number of nitrogens with zero attached hydrogens (tertiary/aromatic N) is 4. The fraction of sp³-hybridized carbons (Fsp3) is 0.750. The van der Waals surface area contributed by atoms with Crippen LogP contribution in [0.3, 0.4) is 0 Å². The van der Waals surface area contributed by atoms with Crippen LogP contribution in [-0.4, -0.2) is 59.0 Å². The minimum Gasteiger partial charge on any atom is -0.384 e. The number of anilines is 1. The van der Waals surface area contributed by atoms with E-state index in [0.29, 0.717) is 12.4 Å². The standard InChI is InChI=1S/C16H27N5O2S/c1-24(22,23)21(13-4-2-5-13)14-6-3-10-20(11-8-14)12-16-18-9-7-15(17)19-16/h7,9,13-14H,2-6,8,10-12H2,1H3,(H2,17,18,19). The molecule has 1 saturated carbocycles. The molecule has 1 saturated heterocycles. The van der Waals surface area contributed by atoms with Crippen LogP contribution in [0.4, 0.5) is 5.82 Å². The van der Waals surface area contributed by atoms with Gasteiger partial charge in [0.15, 0.2) is 0 Å². The van der Waals surface area contributed by atoms with Crippen molar-refractivity contribution in [1.82, 2.24) is 19.2 Å². The molecule has 0 amide bonds. The van der Waals surface area contributed by atoms with Crippen molar-refractivity contribution in [3.8, 4) is 0 Å². The van der Waals surface area contributed by atoms with Crippen molar-refractivity contribution in [1.29, 1.82) is 0 Å². The van der Waals surface area contributed by atoms with E-state index in [2.05, 4.69) is 14.9 Å². The van der Waals surface area contributed by atoms with Gasteiger partial charge in [0, 0.05) is 24.8 Å². The molecule has 3 rings (SSSR count). The molecular weight excluding hydrogens is 326 g/mol. The van der Waals surface area contributed by atoms with Crippen LogP contribution in [0.15, 0.2) is 12.3 Å². The van der Waals surface area contributed by atoms with Gasteiger partial charge in [0.1, 0.15) is 11.6 Å². The maximum atomic E-state index is 12.3. The number of sulfonamides is 1. The van der Waals surface area contributed by atoms with Crippen molar-refractivity contribution in [2.24, 2.45) is 0 Å². The van der Waals surface area contributed by atoms with Crippen molar-refractivity contribution >= 4 is 15.8 Å². The summed E-state index contributed by atoms with van der Waals surface area (Å²) in [7, 11) is -3.15. The van der Waals surface area contributed by atoms with E-state index in [1.165, 1.54) is 6.26 Å². The van der Waals surface area contributed by atoms with Crippen molar-refractivity contribution in [2.75, 3.05) is 25.1 Å². The van der Waals surface area contributed by atoms with Gasteiger partial charge in [-0.3, -0.25) is 4.90 Å². The van der Waals surface area contributed by atoms with Crippen LogP contribution < -0.4 is 5.73 Å². The third-order valence-electron chi connectivity index (χ3n) is 5.06. The quantitative estimate of drug-likeness (QED) is 0.856. The molecule has 1 atom stereocenters. The normalized spacial score (nSPS) is 23.8. The third kappa shape index (κ3) is 4.23. The maximum Gasteiger partial charge on any atom is 0.211 e. The summed E-state index contributed by atoms with van der Waals surface area (Å²) in [6.45, 7) is 2.47. The van der Waals surface area contributed by atoms with Crippen LogP contribution in [0.2, 0.25) is 0 Å². The molecule has 0 spiro atoms. The second kappa shape index (κ2) is 7.33. The molecule has 2 heterocycles. The summed E-state index contributed by atoms with van der Waals surface area (Å²) in [5, 5.41) is 0. The summed E-state index contributed by atoms with van der Waals surface area (Å²) in [5.74, 6) is 1.22. The predicted molar refractivity (Wildman–Crippen MR) is 93.7 cm³/mol. The Kier molecular flexibility index (Phi) is 5.36. The Morgan fingerprint density at radius 3 is 2.54 bits per heavy atom. The molecule has 0 radical (unpaired) electrons. The zero-order valence-corrected chi connectivity index (χ0v) is 15.1. The average molecular weight is 353 g/mol. The average Bonchev–Trinajstić information content (AvgIpc) is 2.67. The molecule has 134 valence electrons. The lowest BCUT2D eigenvalue weighted by Gasteiger charge is -2.40. The monoisotopic (exact) mass is 353 g/mol. The molecule has 1 aliphatic heterocycles. The molecule has 2 fully saturated rings. The van der Waals surface area contributed by atoms with Crippen molar-refractivity contribution in [2.45, 2.75) is 57.2 Å². The molecular formula is C16H27N5O2S. The highest BCUT2D eigenvalue weighted by Crippen LogP contribution is 2.32. The summed E-state index contributed by atoms with van der Waals surface area (Å²) in [4.78, 5) is 10.8. The Hall–Kier alpha value is -1.25. The summed E-state index contributed by atoms with van der Waals surface area (Å²) in [6.07, 6.45) is 8.97. The minimum atomic E-state index is -3.15. The first kappa shape index (κ1) is 17.6. The van der Waals surface area contributed by atoms with Crippen LogP contribution >= 0.6 is 0 Å². The van der Waals surface area contributed by atoms with Gasteiger partial charge in [-0.1, -0.05) is 6.42 Å². The van der Waals surface area contributed by atoms with Crippen molar-refractivity contribution in [3.05, 3.63) is 18.1 Å². The van der Waals surface area contributed by atoms with Gasteiger partial charge >= 0.3 is 0 Å². The van der Waals surface area contributed by atoms with E-state index in [1.54, 1.807) is 16.6 Å². The molecule has 0 aromatic carbocycles. The Morgan fingerprint density at radius 1 is 1.21 bits per heavy atom. The molecule has 1 aromatic heterocycles. The highest BCUT2D eigenvalue weighted by atomic mass is 32.2. The molecule has 1 aliphatic carbocycles. The molecule has 8 heteroatoms. The number of hydrogen-bond donors (Lipinski definition) is 1. The van der Waals surface area contributed by atoms with E-state index in [4.69, 9.17) is 5.73 Å². The van der Waals surface area contributed by atoms with Crippen LogP contribution in [0.1, 0.15) is 44.3 Å². The highest BCUT2D eigenvalue weighted by Gasteiger charge is 2.37. The predicted octanol–water partition coefficient (Wildman–Crippen LogP) is 1.23. The molecule has 2 N–H and O–H groups in total. The fourth-order valence-corrected chi connectivity index (χ4v) is 5.23. The van der Waals surface area contributed by atoms with Crippen LogP contribution in [0.5, 0.6) is 0 Å². The second-order valence-electron chi connectivity index (χ2n) is 6.94. The van der Waals surface area contributed by atoms with E-state index >= 15 is 0 Å². The van der Waals surface area contributed by atoms with Crippen LogP contribution in [-0.2, 0) is 16.6 Å². The summed E-state index contributed by atoms with van der Waals surface area (Å²) in [6, 6.07) is 2.02. The largest absolute Gasteiger partial charge is 0.384 e. The molecule has 1 unspecified atom stereocenters. The van der Waals surface area contributed by atoms with E-state index in [9.17, 15) is 8.42 Å². The van der Waals surface area contributed by atoms with E-state index in [-0.39, 0.29) is 12.1 Å². The van der Waals surface area contributed by atoms with Crippen LogP contribution in [0.25, 0.3) is 0 Å². The smallest absolute Gasteiger partial charge is 0.211 e. The lowest BCUT2D eigenvalue weighted by molar-refractivity contribution is 0.160. The zero-order chi connectivity index (χ0) is 17.2. The number of likely N-dealkylation sites (tertiary alicyclic amines) is 1. The molecule has 0 bridgehead atoms. The molecule has 1 aromatic rings. The van der Waals surface area contributed by atoms with E-state index < -0.39 is 10.0 Å². The molecule has 7 nitrogen and oxygen atoms in total. The Labute approximate surface area is 144 Å². The Balaban J connectivity index is 1.63. The first-order chi connectivity index (χ1) is 11.4. The van der Waals surface area contributed by atoms with Crippen molar-refractivity contribution < 1.29 is 8.42 Å². The SMILES string of the molecule is CS(=O)(=O)N(C1CCC1)C1CCCN(Cc2nccc(N)n2)CC1. The molecule has 2 aliphatic rings. The van der Waals surface area contributed by atoms with Gasteiger partial charge in [-0.15, -0.1) is 0 Å². The minimum absolute atomic E-state index is 0.122. The van der Waals surface area contributed by atoms with Gasteiger partial charge in [-0.25, -0.2) is 18.4 Å². The zero-order valence-electron chi connectivity index (χ0n) is 14.3. The van der Waals surface area contributed by atoms with Gasteiger partial charge < -0.3 is 5.73 Å². The number of nitrogen functional groups attached to an aromatic ring is 1. The fourth-order valence-electron chi connectivity index (χ4n) is 3.72. The number of rotatable bonds is 5. The van der Waals surface area contributed by atoms with Gasteiger partial charge in [0.2, 0.25) is 10.0 Å². The first-order valence-electron chi connectivity index (χ1n) is 8.72.